The van der Waals surface area contributed by atoms with Crippen molar-refractivity contribution in [3.8, 4) is 0 Å². The van der Waals surface area contributed by atoms with E-state index in [2.05, 4.69) is 8.80 Å². The van der Waals surface area contributed by atoms with Crippen molar-refractivity contribution >= 4 is 30.7 Å². The maximum absolute atomic E-state index is 10.6. The van der Waals surface area contributed by atoms with Crippen molar-refractivity contribution in [2.45, 2.75) is 0 Å². The third-order valence-electron chi connectivity index (χ3n) is 1.43. The van der Waals surface area contributed by atoms with Crippen molar-refractivity contribution in [1.82, 2.24) is 0 Å². The number of hydrogen-bond donors (Lipinski definition) is 0. The van der Waals surface area contributed by atoms with Crippen molar-refractivity contribution in [3.05, 3.63) is 33.9 Å². The Morgan fingerprint density at radius 3 is 2.69 bits per heavy atom. The van der Waals surface area contributed by atoms with E-state index < -0.39 is 19.1 Å². The predicted molar refractivity (Wildman–Crippen MR) is 50.0 cm³/mol. The van der Waals surface area contributed by atoms with Crippen LogP contribution in [-0.4, -0.2) is 8.42 Å². The smallest absolute Gasteiger partial charge is 0.186 e. The molecule has 4 nitrogen and oxygen atoms in total. The fraction of sp³-hybridized carbons (Fsp3) is 0. The predicted octanol–water partition coefficient (Wildman–Crippen LogP) is -0.165. The summed E-state index contributed by atoms with van der Waals surface area (Å²) in [6, 6.07) is 5.05. The Morgan fingerprint density at radius 1 is 1.31 bits per heavy atom. The van der Waals surface area contributed by atoms with Gasteiger partial charge in [0.2, 0.25) is 0 Å². The lowest BCUT2D eigenvalue weighted by Gasteiger charge is -1.83. The summed E-state index contributed by atoms with van der Waals surface area (Å²) in [5, 5.41) is 1.44. The normalized spacial score (nSPS) is 18.7. The third kappa shape index (κ3) is 1.52. The second kappa shape index (κ2) is 3.21. The highest BCUT2D eigenvalue weighted by Gasteiger charge is 2.05. The molecule has 0 fully saturated rings. The van der Waals surface area contributed by atoms with Crippen molar-refractivity contribution in [3.63, 3.8) is 0 Å². The number of fused-ring (bicyclic) bond motifs is 1. The summed E-state index contributed by atoms with van der Waals surface area (Å²) in [7, 11) is -3.59. The first-order chi connectivity index (χ1) is 6.18. The van der Waals surface area contributed by atoms with Gasteiger partial charge in [-0.25, -0.2) is 0 Å². The minimum atomic E-state index is -2.29. The Morgan fingerprint density at radius 2 is 2.08 bits per heavy atom. The molecule has 0 bridgehead atoms. The molecule has 1 aromatic carbocycles. The molecule has 0 spiro atoms. The first kappa shape index (κ1) is 8.86. The first-order valence-corrected chi connectivity index (χ1v) is 6.35. The summed E-state index contributed by atoms with van der Waals surface area (Å²) in [6.07, 6.45) is 0. The lowest BCUT2D eigenvalue weighted by Crippen LogP contribution is -2.21. The standard InChI is InChI=1S/C6H3ClN2O2S2/c7-4-2-1-3-5-6(4)9-12(8-5)13(10)11/h1-3H. The van der Waals surface area contributed by atoms with Crippen LogP contribution >= 0.6 is 11.6 Å². The van der Waals surface area contributed by atoms with Gasteiger partial charge in [-0.05, 0) is 12.1 Å². The van der Waals surface area contributed by atoms with Crippen LogP contribution in [0.4, 0.5) is 0 Å². The Balaban J connectivity index is 2.98. The third-order valence-corrected chi connectivity index (χ3v) is 3.85. The zero-order chi connectivity index (χ0) is 9.42. The van der Waals surface area contributed by atoms with E-state index in [-0.39, 0.29) is 0 Å². The number of rotatable bonds is 0. The maximum atomic E-state index is 10.6. The molecule has 0 saturated carbocycles. The van der Waals surface area contributed by atoms with Crippen molar-refractivity contribution in [2.24, 2.45) is 8.80 Å². The van der Waals surface area contributed by atoms with Gasteiger partial charge in [0, 0.05) is 0 Å². The van der Waals surface area contributed by atoms with Gasteiger partial charge in [0.15, 0.2) is 9.83 Å². The van der Waals surface area contributed by atoms with Crippen LogP contribution in [0.25, 0.3) is 0 Å². The van der Waals surface area contributed by atoms with Crippen LogP contribution < -0.4 is 10.7 Å². The molecule has 0 aromatic heterocycles. The molecule has 1 unspecified atom stereocenters. The van der Waals surface area contributed by atoms with Crippen molar-refractivity contribution < 1.29 is 8.42 Å². The molecular formula is C6H3ClN2O2S2. The van der Waals surface area contributed by atoms with E-state index in [4.69, 9.17) is 11.6 Å². The molecule has 7 heteroatoms. The molecule has 1 aromatic rings. The molecule has 13 heavy (non-hydrogen) atoms. The Hall–Kier alpha value is -0.720. The quantitative estimate of drug-likeness (QED) is 0.626. The van der Waals surface area contributed by atoms with Gasteiger partial charge in [0.05, 0.1) is 5.02 Å². The molecule has 0 saturated heterocycles. The van der Waals surface area contributed by atoms with E-state index in [0.29, 0.717) is 15.7 Å². The van der Waals surface area contributed by atoms with Gasteiger partial charge in [0.1, 0.15) is 10.7 Å². The van der Waals surface area contributed by atoms with E-state index in [1.54, 1.807) is 18.2 Å². The summed E-state index contributed by atoms with van der Waals surface area (Å²) in [5.41, 5.74) is 0. The number of halogens is 1. The molecular weight excluding hydrogens is 232 g/mol. The average Bonchev–Trinajstić information content (AvgIpc) is 2.49. The number of hydrogen-bond acceptors (Lipinski definition) is 2. The molecule has 1 heterocycles. The van der Waals surface area contributed by atoms with Crippen LogP contribution in [0.2, 0.25) is 5.02 Å². The van der Waals surface area contributed by atoms with Crippen molar-refractivity contribution in [1.29, 1.82) is 0 Å². The fourth-order valence-electron chi connectivity index (χ4n) is 0.911. The van der Waals surface area contributed by atoms with Gasteiger partial charge in [0.25, 0.3) is 9.26 Å². The molecule has 0 radical (unpaired) electrons. The zero-order valence-electron chi connectivity index (χ0n) is 6.14. The molecule has 1 atom stereocenters. The highest BCUT2D eigenvalue weighted by atomic mass is 35.5. The minimum Gasteiger partial charge on any atom is -0.186 e. The van der Waals surface area contributed by atoms with Crippen LogP contribution in [0.1, 0.15) is 0 Å². The van der Waals surface area contributed by atoms with E-state index in [9.17, 15) is 8.42 Å². The van der Waals surface area contributed by atoms with E-state index in [0.717, 1.165) is 0 Å². The zero-order valence-corrected chi connectivity index (χ0v) is 8.53. The van der Waals surface area contributed by atoms with Gasteiger partial charge in [-0.15, -0.1) is 0 Å². The number of nitrogens with zero attached hydrogens (tertiary/aromatic N) is 2. The highest BCUT2D eigenvalue weighted by Crippen LogP contribution is 2.00. The number of benzene rings is 1. The molecule has 0 aliphatic carbocycles. The maximum Gasteiger partial charge on any atom is 0.283 e. The van der Waals surface area contributed by atoms with E-state index in [1.165, 1.54) is 0 Å². The molecule has 1 aliphatic heterocycles. The average molecular weight is 235 g/mol. The van der Waals surface area contributed by atoms with Gasteiger partial charge < -0.3 is 0 Å². The first-order valence-electron chi connectivity index (χ1n) is 3.25. The van der Waals surface area contributed by atoms with Crippen LogP contribution in [0, 0.1) is 0 Å². The van der Waals surface area contributed by atoms with E-state index in [1.807, 2.05) is 0 Å². The molecule has 68 valence electrons. The fourth-order valence-corrected chi connectivity index (χ4v) is 2.83. The molecule has 0 N–H and O–H groups in total. The molecule has 2 rings (SSSR count). The van der Waals surface area contributed by atoms with Crippen LogP contribution in [0.5, 0.6) is 0 Å². The largest absolute Gasteiger partial charge is 0.283 e. The minimum absolute atomic E-state index is 0.432. The van der Waals surface area contributed by atoms with E-state index >= 15 is 0 Å². The second-order valence-electron chi connectivity index (χ2n) is 2.22. The highest BCUT2D eigenvalue weighted by molar-refractivity contribution is 8.32. The summed E-state index contributed by atoms with van der Waals surface area (Å²) >= 11 is 5.79. The molecule has 1 aliphatic rings. The summed E-state index contributed by atoms with van der Waals surface area (Å²) in [6.45, 7) is 0. The van der Waals surface area contributed by atoms with Crippen LogP contribution in [0.3, 0.4) is 0 Å². The summed E-state index contributed by atoms with van der Waals surface area (Å²) in [4.78, 5) is 0. The lowest BCUT2D eigenvalue weighted by molar-refractivity contribution is 0.628. The summed E-state index contributed by atoms with van der Waals surface area (Å²) in [5.74, 6) is 0. The topological polar surface area (TPSA) is 58.9 Å². The molecule has 0 amide bonds. The Kier molecular flexibility index (Phi) is 2.19. The summed E-state index contributed by atoms with van der Waals surface area (Å²) < 4.78 is 28.9. The van der Waals surface area contributed by atoms with Gasteiger partial charge >= 0.3 is 0 Å². The van der Waals surface area contributed by atoms with Gasteiger partial charge in [-0.1, -0.05) is 17.7 Å². The van der Waals surface area contributed by atoms with Gasteiger partial charge in [-0.2, -0.15) is 17.2 Å². The van der Waals surface area contributed by atoms with Crippen molar-refractivity contribution in [2.75, 3.05) is 0 Å². The second-order valence-corrected chi connectivity index (χ2v) is 5.58. The van der Waals surface area contributed by atoms with Crippen LogP contribution in [0.15, 0.2) is 27.0 Å². The van der Waals surface area contributed by atoms with Gasteiger partial charge in [-0.3, -0.25) is 0 Å². The Bertz CT molecular complexity index is 613. The SMILES string of the molecule is O=S(=O)=S1N=c2cccc(Cl)c2=N1. The van der Waals surface area contributed by atoms with Crippen LogP contribution in [-0.2, 0) is 19.1 Å². The lowest BCUT2D eigenvalue weighted by atomic mass is 10.3. The Labute approximate surface area is 82.0 Å². The monoisotopic (exact) mass is 234 g/mol.